The Balaban J connectivity index is 5.11. The molecule has 0 radical (unpaired) electrons. The Bertz CT molecular complexity index is 261. The summed E-state index contributed by atoms with van der Waals surface area (Å²) in [5, 5.41) is 73.0. The maximum Gasteiger partial charge on any atom is 0.680 e. The first kappa shape index (κ1) is 24.7. The molecule has 0 spiro atoms. The molecule has 13 heteroatoms. The van der Waals surface area contributed by atoms with Crippen LogP contribution in [-0.2, 0) is 17.7 Å². The lowest BCUT2D eigenvalue weighted by atomic mass is 10.4. The molecule has 12 nitrogen and oxygen atoms in total. The van der Waals surface area contributed by atoms with E-state index < -0.39 is 86.3 Å². The zero-order valence-corrected chi connectivity index (χ0v) is 14.7. The summed E-state index contributed by atoms with van der Waals surface area (Å²) in [6.45, 7) is -4.54. The van der Waals surface area contributed by atoms with Gasteiger partial charge in [-0.1, -0.05) is 0 Å². The van der Waals surface area contributed by atoms with Crippen molar-refractivity contribution in [1.82, 2.24) is 0 Å². The normalized spacial score (nSPS) is 19.2. The minimum absolute atomic E-state index is 0.498. The van der Waals surface area contributed by atoms with Crippen molar-refractivity contribution in [2.45, 2.75) is 24.4 Å². The number of rotatable bonds is 16. The molecule has 0 bridgehead atoms. The van der Waals surface area contributed by atoms with Gasteiger partial charge in [-0.2, -0.15) is 0 Å². The Morgan fingerprint density at radius 1 is 0.480 bits per heavy atom. The summed E-state index contributed by atoms with van der Waals surface area (Å²) >= 11 is 0. The third-order valence-electron chi connectivity index (χ3n) is 2.65. The smallest absolute Gasteiger partial charge is 0.394 e. The molecule has 0 aliphatic rings. The summed E-state index contributed by atoms with van der Waals surface area (Å²) in [5.74, 6) is 0. The third kappa shape index (κ3) is 11.1. The van der Waals surface area contributed by atoms with Crippen molar-refractivity contribution in [1.29, 1.82) is 0 Å². The van der Waals surface area contributed by atoms with E-state index in [1.54, 1.807) is 0 Å². The van der Waals surface area contributed by atoms with Crippen LogP contribution in [0.25, 0.3) is 0 Å². The number of hydrogen-bond acceptors (Lipinski definition) is 12. The van der Waals surface area contributed by atoms with Crippen LogP contribution in [0, 0.1) is 0 Å². The number of aliphatic hydroxyl groups is 8. The molecule has 8 N–H and O–H groups in total. The second-order valence-electron chi connectivity index (χ2n) is 5.09. The summed E-state index contributed by atoms with van der Waals surface area (Å²) in [5.41, 5.74) is 0. The minimum Gasteiger partial charge on any atom is -0.394 e. The quantitative estimate of drug-likeness (QED) is 0.116. The van der Waals surface area contributed by atoms with Gasteiger partial charge in [0.15, 0.2) is 0 Å². The SMILES string of the molecule is OCC(O)CO[Si](OCC(O)CO)(OCC(O)CO)OCC(O)CO. The van der Waals surface area contributed by atoms with Gasteiger partial charge >= 0.3 is 9.05 Å². The van der Waals surface area contributed by atoms with Crippen LogP contribution >= 0.6 is 0 Å². The van der Waals surface area contributed by atoms with Crippen LogP contribution in [-0.4, -0.2) is 127 Å². The van der Waals surface area contributed by atoms with E-state index in [9.17, 15) is 20.4 Å². The van der Waals surface area contributed by atoms with Gasteiger partial charge in [0.25, 0.3) is 0 Å². The first-order valence-electron chi connectivity index (χ1n) is 7.53. The van der Waals surface area contributed by atoms with E-state index in [2.05, 4.69) is 0 Å². The maximum absolute atomic E-state index is 9.40. The molecule has 4 unspecified atom stereocenters. The van der Waals surface area contributed by atoms with Gasteiger partial charge in [0.05, 0.1) is 77.3 Å². The van der Waals surface area contributed by atoms with Crippen molar-refractivity contribution in [2.75, 3.05) is 52.9 Å². The van der Waals surface area contributed by atoms with Gasteiger partial charge in [-0.05, 0) is 0 Å². The molecule has 0 fully saturated rings. The standard InChI is InChI=1S/C12H28O12Si/c13-1-9(17)5-21-25(22-6-10(18)2-14,23-7-11(19)3-15)24-8-12(20)4-16/h9-20H,1-8H2. The van der Waals surface area contributed by atoms with Crippen molar-refractivity contribution >= 4 is 9.05 Å². The molecular weight excluding hydrogens is 364 g/mol. The molecule has 25 heavy (non-hydrogen) atoms. The largest absolute Gasteiger partial charge is 0.680 e. The number of hydrogen-bond donors (Lipinski definition) is 8. The Labute approximate surface area is 145 Å². The van der Waals surface area contributed by atoms with E-state index in [4.69, 9.17) is 38.1 Å². The molecule has 0 aromatic carbocycles. The summed E-state index contributed by atoms with van der Waals surface area (Å²) in [6, 6.07) is 0. The van der Waals surface area contributed by atoms with Gasteiger partial charge in [0, 0.05) is 0 Å². The zero-order valence-electron chi connectivity index (χ0n) is 13.7. The van der Waals surface area contributed by atoms with Gasteiger partial charge in [-0.15, -0.1) is 0 Å². The monoisotopic (exact) mass is 392 g/mol. The molecule has 0 aliphatic carbocycles. The molecule has 0 aromatic rings. The molecule has 0 saturated carbocycles. The van der Waals surface area contributed by atoms with E-state index in [1.165, 1.54) is 0 Å². The van der Waals surface area contributed by atoms with Gasteiger partial charge in [-0.25, -0.2) is 0 Å². The fourth-order valence-corrected chi connectivity index (χ4v) is 3.34. The molecule has 0 aromatic heterocycles. The fraction of sp³-hybridized carbons (Fsp3) is 1.00. The van der Waals surface area contributed by atoms with Crippen molar-refractivity contribution in [3.8, 4) is 0 Å². The predicted molar refractivity (Wildman–Crippen MR) is 81.9 cm³/mol. The average Bonchev–Trinajstić information content (AvgIpc) is 2.65. The average molecular weight is 392 g/mol. The van der Waals surface area contributed by atoms with Crippen molar-refractivity contribution in [2.24, 2.45) is 0 Å². The highest BCUT2D eigenvalue weighted by Crippen LogP contribution is 2.15. The Kier molecular flexibility index (Phi) is 13.7. The van der Waals surface area contributed by atoms with Gasteiger partial charge in [-0.3, -0.25) is 0 Å². The van der Waals surface area contributed by atoms with Crippen molar-refractivity contribution < 1.29 is 58.6 Å². The Morgan fingerprint density at radius 2 is 0.680 bits per heavy atom. The minimum atomic E-state index is -4.20. The highest BCUT2D eigenvalue weighted by molar-refractivity contribution is 6.53. The lowest BCUT2D eigenvalue weighted by Gasteiger charge is -2.30. The van der Waals surface area contributed by atoms with Gasteiger partial charge in [0.2, 0.25) is 0 Å². The van der Waals surface area contributed by atoms with Gasteiger partial charge < -0.3 is 58.6 Å². The summed E-state index contributed by atoms with van der Waals surface area (Å²) in [7, 11) is -4.20. The second kappa shape index (κ2) is 13.9. The Hall–Kier alpha value is -0.263. The van der Waals surface area contributed by atoms with Crippen LogP contribution in [0.3, 0.4) is 0 Å². The Morgan fingerprint density at radius 3 is 0.840 bits per heavy atom. The van der Waals surface area contributed by atoms with E-state index in [0.717, 1.165) is 0 Å². The lowest BCUT2D eigenvalue weighted by molar-refractivity contribution is -0.0969. The molecule has 4 atom stereocenters. The summed E-state index contributed by atoms with van der Waals surface area (Å²) < 4.78 is 21.0. The molecular formula is C12H28O12Si. The maximum atomic E-state index is 9.40. The fourth-order valence-electron chi connectivity index (χ4n) is 1.25. The van der Waals surface area contributed by atoms with Crippen molar-refractivity contribution in [3.63, 3.8) is 0 Å². The summed E-state index contributed by atoms with van der Waals surface area (Å²) in [4.78, 5) is 0. The zero-order chi connectivity index (χ0) is 19.3. The molecule has 152 valence electrons. The van der Waals surface area contributed by atoms with Crippen molar-refractivity contribution in [3.05, 3.63) is 0 Å². The van der Waals surface area contributed by atoms with Crippen LogP contribution in [0.4, 0.5) is 0 Å². The van der Waals surface area contributed by atoms with E-state index >= 15 is 0 Å². The third-order valence-corrected chi connectivity index (χ3v) is 4.73. The van der Waals surface area contributed by atoms with Crippen LogP contribution < -0.4 is 0 Å². The first-order valence-corrected chi connectivity index (χ1v) is 9.17. The van der Waals surface area contributed by atoms with Crippen LogP contribution in [0.5, 0.6) is 0 Å². The first-order chi connectivity index (χ1) is 11.8. The highest BCUT2D eigenvalue weighted by atomic mass is 28.4. The van der Waals surface area contributed by atoms with E-state index in [-0.39, 0.29) is 0 Å². The van der Waals surface area contributed by atoms with E-state index in [0.29, 0.717) is 0 Å². The lowest BCUT2D eigenvalue weighted by Crippen LogP contribution is -2.54. The summed E-state index contributed by atoms with van der Waals surface area (Å²) in [6.07, 6.45) is -5.24. The highest BCUT2D eigenvalue weighted by Gasteiger charge is 2.47. The second-order valence-corrected chi connectivity index (χ2v) is 7.24. The van der Waals surface area contributed by atoms with Crippen LogP contribution in [0.15, 0.2) is 0 Å². The molecule has 0 heterocycles. The molecule has 0 aliphatic heterocycles. The van der Waals surface area contributed by atoms with Crippen LogP contribution in [0.1, 0.15) is 0 Å². The molecule has 0 saturated heterocycles. The van der Waals surface area contributed by atoms with E-state index in [1.807, 2.05) is 0 Å². The van der Waals surface area contributed by atoms with Gasteiger partial charge in [0.1, 0.15) is 0 Å². The van der Waals surface area contributed by atoms with Crippen LogP contribution in [0.2, 0.25) is 0 Å². The number of aliphatic hydroxyl groups excluding tert-OH is 8. The molecule has 0 amide bonds. The molecule has 0 rings (SSSR count). The predicted octanol–water partition coefficient (Wildman–Crippen LogP) is -5.10. The topological polar surface area (TPSA) is 199 Å².